The Morgan fingerprint density at radius 1 is 1.38 bits per heavy atom. The standard InChI is InChI=1S/C15H22F3NO2/c1-2-3-4-13(20)19-8-5-12(15(16,17)18)14(11-19)6-9-21-10-7-14/h2,12H,1,3-11H2/t12-/m0/s1. The number of piperidine rings is 1. The van der Waals surface area contributed by atoms with Crippen molar-refractivity contribution < 1.29 is 22.7 Å². The summed E-state index contributed by atoms with van der Waals surface area (Å²) in [6, 6.07) is 0. The van der Waals surface area contributed by atoms with E-state index in [1.807, 2.05) is 0 Å². The molecule has 2 saturated heterocycles. The van der Waals surface area contributed by atoms with E-state index < -0.39 is 17.5 Å². The molecule has 0 aromatic heterocycles. The van der Waals surface area contributed by atoms with Crippen LogP contribution in [0.4, 0.5) is 13.2 Å². The molecule has 0 aliphatic carbocycles. The maximum Gasteiger partial charge on any atom is 0.392 e. The number of carbonyl (C=O) groups excluding carboxylic acids is 1. The van der Waals surface area contributed by atoms with E-state index >= 15 is 0 Å². The van der Waals surface area contributed by atoms with Crippen molar-refractivity contribution in [1.29, 1.82) is 0 Å². The fourth-order valence-electron chi connectivity index (χ4n) is 3.55. The average Bonchev–Trinajstić information content (AvgIpc) is 2.44. The molecule has 2 rings (SSSR count). The molecule has 21 heavy (non-hydrogen) atoms. The molecule has 1 amide bonds. The molecule has 6 heteroatoms. The number of ether oxygens (including phenoxy) is 1. The summed E-state index contributed by atoms with van der Waals surface area (Å²) < 4.78 is 45.3. The van der Waals surface area contributed by atoms with E-state index in [1.54, 1.807) is 11.0 Å². The molecule has 2 aliphatic rings. The van der Waals surface area contributed by atoms with Gasteiger partial charge in [-0.1, -0.05) is 6.08 Å². The summed E-state index contributed by atoms with van der Waals surface area (Å²) >= 11 is 0. The number of rotatable bonds is 3. The summed E-state index contributed by atoms with van der Waals surface area (Å²) in [5.74, 6) is -1.39. The van der Waals surface area contributed by atoms with Crippen LogP contribution in [-0.2, 0) is 9.53 Å². The van der Waals surface area contributed by atoms with Crippen LogP contribution in [0.5, 0.6) is 0 Å². The third-order valence-electron chi connectivity index (χ3n) is 4.73. The van der Waals surface area contributed by atoms with Gasteiger partial charge in [-0.15, -0.1) is 6.58 Å². The quantitative estimate of drug-likeness (QED) is 0.750. The minimum absolute atomic E-state index is 0.00330. The molecular formula is C15H22F3NO2. The van der Waals surface area contributed by atoms with Crippen molar-refractivity contribution in [1.82, 2.24) is 4.90 Å². The SMILES string of the molecule is C=CCCC(=O)N1CC[C@H](C(F)(F)F)C2(CCOCC2)C1. The van der Waals surface area contributed by atoms with Gasteiger partial charge in [-0.25, -0.2) is 0 Å². The lowest BCUT2D eigenvalue weighted by atomic mass is 9.65. The van der Waals surface area contributed by atoms with Gasteiger partial charge in [-0.2, -0.15) is 13.2 Å². The molecule has 0 bridgehead atoms. The first-order valence-electron chi connectivity index (χ1n) is 7.42. The highest BCUT2D eigenvalue weighted by atomic mass is 19.4. The highest BCUT2D eigenvalue weighted by Gasteiger charge is 2.56. The van der Waals surface area contributed by atoms with Gasteiger partial charge in [0.2, 0.25) is 5.91 Å². The number of allylic oxidation sites excluding steroid dienone is 1. The zero-order chi connectivity index (χ0) is 15.5. The van der Waals surface area contributed by atoms with Crippen molar-refractivity contribution in [2.24, 2.45) is 11.3 Å². The Kier molecular flexibility index (Phi) is 4.96. The van der Waals surface area contributed by atoms with Crippen LogP contribution in [0.2, 0.25) is 0 Å². The summed E-state index contributed by atoms with van der Waals surface area (Å²) in [4.78, 5) is 13.7. The molecule has 0 aromatic carbocycles. The van der Waals surface area contributed by atoms with E-state index in [0.717, 1.165) is 0 Å². The first-order chi connectivity index (χ1) is 9.89. The fourth-order valence-corrected chi connectivity index (χ4v) is 3.55. The Morgan fingerprint density at radius 3 is 2.62 bits per heavy atom. The van der Waals surface area contributed by atoms with Crippen molar-refractivity contribution in [3.05, 3.63) is 12.7 Å². The van der Waals surface area contributed by atoms with Crippen LogP contribution >= 0.6 is 0 Å². The lowest BCUT2D eigenvalue weighted by molar-refractivity contribution is -0.235. The van der Waals surface area contributed by atoms with Crippen LogP contribution in [0.25, 0.3) is 0 Å². The minimum atomic E-state index is -4.20. The first kappa shape index (κ1) is 16.3. The second-order valence-electron chi connectivity index (χ2n) is 6.00. The number of alkyl halides is 3. The van der Waals surface area contributed by atoms with Crippen molar-refractivity contribution in [2.45, 2.75) is 38.3 Å². The fraction of sp³-hybridized carbons (Fsp3) is 0.800. The van der Waals surface area contributed by atoms with Crippen molar-refractivity contribution >= 4 is 5.91 Å². The first-order valence-corrected chi connectivity index (χ1v) is 7.42. The van der Waals surface area contributed by atoms with E-state index in [1.165, 1.54) is 0 Å². The molecule has 0 N–H and O–H groups in total. The third kappa shape index (κ3) is 3.59. The number of nitrogens with zero attached hydrogens (tertiary/aromatic N) is 1. The van der Waals surface area contributed by atoms with Gasteiger partial charge in [-0.05, 0) is 25.7 Å². The highest BCUT2D eigenvalue weighted by molar-refractivity contribution is 5.76. The van der Waals surface area contributed by atoms with Gasteiger partial charge < -0.3 is 9.64 Å². The van der Waals surface area contributed by atoms with Crippen molar-refractivity contribution in [2.75, 3.05) is 26.3 Å². The molecule has 0 saturated carbocycles. The lowest BCUT2D eigenvalue weighted by Gasteiger charge is -2.50. The van der Waals surface area contributed by atoms with E-state index in [2.05, 4.69) is 6.58 Å². The highest BCUT2D eigenvalue weighted by Crippen LogP contribution is 2.50. The molecule has 2 fully saturated rings. The smallest absolute Gasteiger partial charge is 0.381 e. The Hall–Kier alpha value is -1.04. The van der Waals surface area contributed by atoms with Crippen molar-refractivity contribution in [3.8, 4) is 0 Å². The number of carbonyl (C=O) groups is 1. The van der Waals surface area contributed by atoms with Crippen LogP contribution in [-0.4, -0.2) is 43.3 Å². The zero-order valence-electron chi connectivity index (χ0n) is 12.1. The maximum absolute atomic E-state index is 13.3. The largest absolute Gasteiger partial charge is 0.392 e. The van der Waals surface area contributed by atoms with Gasteiger partial charge in [0.15, 0.2) is 0 Å². The normalized spacial score (nSPS) is 25.9. The van der Waals surface area contributed by atoms with E-state index in [4.69, 9.17) is 4.74 Å². The number of likely N-dealkylation sites (tertiary alicyclic amines) is 1. The van der Waals surface area contributed by atoms with Crippen LogP contribution in [0.1, 0.15) is 32.1 Å². The summed E-state index contributed by atoms with van der Waals surface area (Å²) in [6.45, 7) is 4.67. The Morgan fingerprint density at radius 2 is 2.05 bits per heavy atom. The van der Waals surface area contributed by atoms with Gasteiger partial charge in [0.05, 0.1) is 5.92 Å². The number of amides is 1. The predicted octanol–water partition coefficient (Wildman–Crippen LogP) is 3.16. The number of hydrogen-bond acceptors (Lipinski definition) is 2. The van der Waals surface area contributed by atoms with Crippen LogP contribution in [0.15, 0.2) is 12.7 Å². The molecule has 0 unspecified atom stereocenters. The number of hydrogen-bond donors (Lipinski definition) is 0. The maximum atomic E-state index is 13.3. The molecule has 1 atom stereocenters. The van der Waals surface area contributed by atoms with Crippen LogP contribution in [0.3, 0.4) is 0 Å². The Labute approximate surface area is 123 Å². The second-order valence-corrected chi connectivity index (χ2v) is 6.00. The van der Waals surface area contributed by atoms with Crippen LogP contribution < -0.4 is 0 Å². The summed E-state index contributed by atoms with van der Waals surface area (Å²) in [5.41, 5.74) is -0.863. The van der Waals surface area contributed by atoms with Gasteiger partial charge in [0.25, 0.3) is 0 Å². The molecule has 1 spiro atoms. The molecular weight excluding hydrogens is 283 g/mol. The second kappa shape index (κ2) is 6.38. The third-order valence-corrected chi connectivity index (χ3v) is 4.73. The van der Waals surface area contributed by atoms with Gasteiger partial charge in [0.1, 0.15) is 0 Å². The lowest BCUT2D eigenvalue weighted by Crippen LogP contribution is -2.56. The van der Waals surface area contributed by atoms with Crippen molar-refractivity contribution in [3.63, 3.8) is 0 Å². The summed E-state index contributed by atoms with van der Waals surface area (Å²) in [5, 5.41) is 0. The van der Waals surface area contributed by atoms with Gasteiger partial charge >= 0.3 is 6.18 Å². The van der Waals surface area contributed by atoms with E-state index in [9.17, 15) is 18.0 Å². The molecule has 120 valence electrons. The Balaban J connectivity index is 2.13. The van der Waals surface area contributed by atoms with E-state index in [-0.39, 0.29) is 25.4 Å². The predicted molar refractivity (Wildman–Crippen MR) is 72.7 cm³/mol. The minimum Gasteiger partial charge on any atom is -0.381 e. The molecule has 0 aromatic rings. The monoisotopic (exact) mass is 305 g/mol. The summed E-state index contributed by atoms with van der Waals surface area (Å²) in [6.07, 6.45) is -0.896. The topological polar surface area (TPSA) is 29.5 Å². The molecule has 2 aliphatic heterocycles. The Bertz CT molecular complexity index is 389. The average molecular weight is 305 g/mol. The molecule has 2 heterocycles. The van der Waals surface area contributed by atoms with Gasteiger partial charge in [0, 0.05) is 38.1 Å². The van der Waals surface area contributed by atoms with Gasteiger partial charge in [-0.3, -0.25) is 4.79 Å². The zero-order valence-corrected chi connectivity index (χ0v) is 12.1. The summed E-state index contributed by atoms with van der Waals surface area (Å²) in [7, 11) is 0. The number of halogens is 3. The van der Waals surface area contributed by atoms with E-state index in [0.29, 0.717) is 38.9 Å². The van der Waals surface area contributed by atoms with Crippen LogP contribution in [0, 0.1) is 11.3 Å². The molecule has 3 nitrogen and oxygen atoms in total. The molecule has 0 radical (unpaired) electrons.